The van der Waals surface area contributed by atoms with E-state index in [1.54, 1.807) is 26.0 Å². The zero-order valence-electron chi connectivity index (χ0n) is 10.0. The number of carbonyl (C=O) groups excluding carboxylic acids is 1. The van der Waals surface area contributed by atoms with Gasteiger partial charge in [-0.1, -0.05) is 12.1 Å². The summed E-state index contributed by atoms with van der Waals surface area (Å²) in [5.74, 6) is -0.500. The third-order valence-electron chi connectivity index (χ3n) is 2.45. The van der Waals surface area contributed by atoms with Crippen molar-refractivity contribution in [1.82, 2.24) is 0 Å². The second-order valence-electron chi connectivity index (χ2n) is 3.82. The molecule has 1 aromatic rings. The van der Waals surface area contributed by atoms with Crippen LogP contribution >= 0.6 is 11.6 Å². The fourth-order valence-corrected chi connectivity index (χ4v) is 1.75. The van der Waals surface area contributed by atoms with Gasteiger partial charge in [-0.05, 0) is 37.5 Å². The Kier molecular flexibility index (Phi) is 5.42. The van der Waals surface area contributed by atoms with Crippen molar-refractivity contribution in [2.45, 2.75) is 32.1 Å². The first-order valence-corrected chi connectivity index (χ1v) is 6.04. The van der Waals surface area contributed by atoms with E-state index in [2.05, 4.69) is 0 Å². The summed E-state index contributed by atoms with van der Waals surface area (Å²) in [5, 5.41) is -0.293. The number of benzene rings is 1. The van der Waals surface area contributed by atoms with E-state index in [4.69, 9.17) is 16.3 Å². The summed E-state index contributed by atoms with van der Waals surface area (Å²) in [7, 11) is 0. The standard InChI is InChI=1S/C13H16ClFO2/c1-3-17-13(16)7-5-11(14)10-4-6-12(15)9(2)8-10/h4,6,8,11H,3,5,7H2,1-2H3. The number of hydrogen-bond acceptors (Lipinski definition) is 2. The highest BCUT2D eigenvalue weighted by atomic mass is 35.5. The van der Waals surface area contributed by atoms with Crippen LogP contribution in [0.25, 0.3) is 0 Å². The topological polar surface area (TPSA) is 26.3 Å². The maximum absolute atomic E-state index is 13.1. The fourth-order valence-electron chi connectivity index (χ4n) is 1.51. The highest BCUT2D eigenvalue weighted by molar-refractivity contribution is 6.20. The lowest BCUT2D eigenvalue weighted by Crippen LogP contribution is -2.05. The van der Waals surface area contributed by atoms with Crippen LogP contribution in [0.2, 0.25) is 0 Å². The maximum Gasteiger partial charge on any atom is 0.305 e. The van der Waals surface area contributed by atoms with Crippen molar-refractivity contribution in [2.24, 2.45) is 0 Å². The molecule has 0 amide bonds. The molecule has 0 saturated heterocycles. The summed E-state index contributed by atoms with van der Waals surface area (Å²) in [5.41, 5.74) is 1.39. The van der Waals surface area contributed by atoms with Crippen molar-refractivity contribution in [3.8, 4) is 0 Å². The molecule has 0 aliphatic carbocycles. The van der Waals surface area contributed by atoms with Crippen LogP contribution in [-0.2, 0) is 9.53 Å². The molecule has 0 bridgehead atoms. The molecule has 0 aliphatic rings. The third-order valence-corrected chi connectivity index (χ3v) is 2.92. The van der Waals surface area contributed by atoms with Gasteiger partial charge in [0.05, 0.1) is 12.0 Å². The molecule has 94 valence electrons. The Morgan fingerprint density at radius 3 is 2.82 bits per heavy atom. The van der Waals surface area contributed by atoms with Crippen LogP contribution in [0.15, 0.2) is 18.2 Å². The summed E-state index contributed by atoms with van der Waals surface area (Å²) >= 11 is 6.14. The Morgan fingerprint density at radius 2 is 2.24 bits per heavy atom. The van der Waals surface area contributed by atoms with Gasteiger partial charge in [0.15, 0.2) is 0 Å². The summed E-state index contributed by atoms with van der Waals surface area (Å²) in [6.45, 7) is 3.83. The Bertz CT molecular complexity index is 393. The van der Waals surface area contributed by atoms with Crippen LogP contribution in [0.5, 0.6) is 0 Å². The van der Waals surface area contributed by atoms with Gasteiger partial charge in [-0.3, -0.25) is 4.79 Å². The lowest BCUT2D eigenvalue weighted by Gasteiger charge is -2.10. The minimum Gasteiger partial charge on any atom is -0.466 e. The lowest BCUT2D eigenvalue weighted by molar-refractivity contribution is -0.143. The van der Waals surface area contributed by atoms with Crippen LogP contribution in [0.1, 0.15) is 36.3 Å². The van der Waals surface area contributed by atoms with Gasteiger partial charge in [0.1, 0.15) is 5.82 Å². The minimum absolute atomic E-state index is 0.247. The Labute approximate surface area is 106 Å². The average Bonchev–Trinajstić information content (AvgIpc) is 2.30. The SMILES string of the molecule is CCOC(=O)CCC(Cl)c1ccc(F)c(C)c1. The number of esters is 1. The molecular weight excluding hydrogens is 243 g/mol. The Balaban J connectivity index is 2.54. The van der Waals surface area contributed by atoms with Gasteiger partial charge in [-0.25, -0.2) is 4.39 Å². The molecule has 0 heterocycles. The summed E-state index contributed by atoms with van der Waals surface area (Å²) < 4.78 is 17.9. The third kappa shape index (κ3) is 4.35. The van der Waals surface area contributed by atoms with E-state index in [1.165, 1.54) is 6.07 Å². The van der Waals surface area contributed by atoms with Crippen molar-refractivity contribution in [3.05, 3.63) is 35.1 Å². The van der Waals surface area contributed by atoms with Crippen molar-refractivity contribution in [3.63, 3.8) is 0 Å². The van der Waals surface area contributed by atoms with Gasteiger partial charge in [0, 0.05) is 6.42 Å². The van der Waals surface area contributed by atoms with Crippen LogP contribution in [0.3, 0.4) is 0 Å². The second kappa shape index (κ2) is 6.60. The summed E-state index contributed by atoms with van der Waals surface area (Å²) in [4.78, 5) is 11.2. The van der Waals surface area contributed by atoms with Gasteiger partial charge in [0.25, 0.3) is 0 Å². The smallest absolute Gasteiger partial charge is 0.305 e. The Morgan fingerprint density at radius 1 is 1.53 bits per heavy atom. The van der Waals surface area contributed by atoms with E-state index in [0.717, 1.165) is 5.56 Å². The monoisotopic (exact) mass is 258 g/mol. The lowest BCUT2D eigenvalue weighted by atomic mass is 10.0. The predicted molar refractivity (Wildman–Crippen MR) is 65.6 cm³/mol. The van der Waals surface area contributed by atoms with Crippen molar-refractivity contribution in [1.29, 1.82) is 0 Å². The number of rotatable bonds is 5. The van der Waals surface area contributed by atoms with E-state index in [1.807, 2.05) is 0 Å². The summed E-state index contributed by atoms with van der Waals surface area (Å²) in [6.07, 6.45) is 0.768. The van der Waals surface area contributed by atoms with Crippen LogP contribution < -0.4 is 0 Å². The Hall–Kier alpha value is -1.09. The van der Waals surface area contributed by atoms with Gasteiger partial charge < -0.3 is 4.74 Å². The van der Waals surface area contributed by atoms with Crippen LogP contribution in [0.4, 0.5) is 4.39 Å². The molecule has 17 heavy (non-hydrogen) atoms. The van der Waals surface area contributed by atoms with E-state index in [-0.39, 0.29) is 23.6 Å². The number of aryl methyl sites for hydroxylation is 1. The molecule has 0 spiro atoms. The second-order valence-corrected chi connectivity index (χ2v) is 4.35. The molecule has 0 saturated carbocycles. The van der Waals surface area contributed by atoms with Gasteiger partial charge in [-0.2, -0.15) is 0 Å². The molecule has 1 unspecified atom stereocenters. The van der Waals surface area contributed by atoms with Crippen LogP contribution in [-0.4, -0.2) is 12.6 Å². The fraction of sp³-hybridized carbons (Fsp3) is 0.462. The molecule has 4 heteroatoms. The number of hydrogen-bond donors (Lipinski definition) is 0. The number of halogens is 2. The number of alkyl halides is 1. The number of carbonyl (C=O) groups is 1. The average molecular weight is 259 g/mol. The van der Waals surface area contributed by atoms with Gasteiger partial charge in [-0.15, -0.1) is 11.6 Å². The van der Waals surface area contributed by atoms with Crippen molar-refractivity contribution >= 4 is 17.6 Å². The molecule has 0 aliphatic heterocycles. The molecule has 0 aromatic heterocycles. The van der Waals surface area contributed by atoms with E-state index < -0.39 is 0 Å². The van der Waals surface area contributed by atoms with Crippen molar-refractivity contribution in [2.75, 3.05) is 6.61 Å². The van der Waals surface area contributed by atoms with Gasteiger partial charge >= 0.3 is 5.97 Å². The minimum atomic E-state index is -0.293. The molecule has 1 aromatic carbocycles. The first kappa shape index (κ1) is 14.0. The highest BCUT2D eigenvalue weighted by Gasteiger charge is 2.12. The summed E-state index contributed by atoms with van der Waals surface area (Å²) in [6, 6.07) is 4.74. The van der Waals surface area contributed by atoms with Crippen molar-refractivity contribution < 1.29 is 13.9 Å². The maximum atomic E-state index is 13.1. The predicted octanol–water partition coefficient (Wildman–Crippen LogP) is 3.76. The molecule has 1 atom stereocenters. The number of ether oxygens (including phenoxy) is 1. The van der Waals surface area contributed by atoms with E-state index in [9.17, 15) is 9.18 Å². The zero-order valence-corrected chi connectivity index (χ0v) is 10.8. The zero-order chi connectivity index (χ0) is 12.8. The first-order valence-electron chi connectivity index (χ1n) is 5.60. The molecule has 1 rings (SSSR count). The largest absolute Gasteiger partial charge is 0.466 e. The first-order chi connectivity index (χ1) is 8.04. The van der Waals surface area contributed by atoms with Crippen LogP contribution in [0, 0.1) is 12.7 Å². The molecule has 0 radical (unpaired) electrons. The normalized spacial score (nSPS) is 12.2. The molecule has 0 fully saturated rings. The molecule has 2 nitrogen and oxygen atoms in total. The molecular formula is C13H16ClFO2. The van der Waals surface area contributed by atoms with E-state index >= 15 is 0 Å². The highest BCUT2D eigenvalue weighted by Crippen LogP contribution is 2.27. The quantitative estimate of drug-likeness (QED) is 0.594. The van der Waals surface area contributed by atoms with Gasteiger partial charge in [0.2, 0.25) is 0 Å². The molecule has 0 N–H and O–H groups in total. The van der Waals surface area contributed by atoms with E-state index in [0.29, 0.717) is 18.6 Å².